The number of rotatable bonds is 7. The van der Waals surface area contributed by atoms with E-state index in [1.54, 1.807) is 4.90 Å². The van der Waals surface area contributed by atoms with Gasteiger partial charge in [-0.25, -0.2) is 0 Å². The van der Waals surface area contributed by atoms with Gasteiger partial charge in [-0.2, -0.15) is 0 Å². The first-order valence-electron chi connectivity index (χ1n) is 11.4. The van der Waals surface area contributed by atoms with Gasteiger partial charge < -0.3 is 14.6 Å². The van der Waals surface area contributed by atoms with Gasteiger partial charge in [0.1, 0.15) is 6.04 Å². The molecule has 1 aromatic heterocycles. The van der Waals surface area contributed by atoms with E-state index in [1.807, 2.05) is 58.2 Å². The Bertz CT molecular complexity index is 1170. The molecular weight excluding hydrogens is 434 g/mol. The highest BCUT2D eigenvalue weighted by atomic mass is 32.2. The number of hydrogen-bond donors (Lipinski definition) is 1. The largest absolute Gasteiger partial charge is 0.382 e. The van der Waals surface area contributed by atoms with Crippen molar-refractivity contribution in [3.8, 4) is 0 Å². The molecule has 0 saturated heterocycles. The Morgan fingerprint density at radius 2 is 1.91 bits per heavy atom. The molecule has 3 aromatic rings. The molecule has 33 heavy (non-hydrogen) atoms. The first kappa shape index (κ1) is 23.4. The lowest BCUT2D eigenvalue weighted by molar-refractivity contribution is -0.125. The summed E-state index contributed by atoms with van der Waals surface area (Å²) in [7, 11) is 2.00. The Morgan fingerprint density at radius 3 is 2.64 bits per heavy atom. The van der Waals surface area contributed by atoms with Crippen LogP contribution < -0.4 is 10.2 Å². The number of benzene rings is 2. The van der Waals surface area contributed by atoms with Crippen LogP contribution in [0.3, 0.4) is 0 Å². The van der Waals surface area contributed by atoms with Gasteiger partial charge in [-0.3, -0.25) is 14.5 Å². The molecule has 0 bridgehead atoms. The number of anilines is 1. The number of fused-ring (bicyclic) bond motifs is 3. The summed E-state index contributed by atoms with van der Waals surface area (Å²) in [6.45, 7) is 7.73. The molecule has 6 nitrogen and oxygen atoms in total. The Morgan fingerprint density at radius 1 is 1.18 bits per heavy atom. The second-order valence-electron chi connectivity index (χ2n) is 8.44. The molecule has 1 atom stereocenters. The van der Waals surface area contributed by atoms with Crippen LogP contribution in [0.2, 0.25) is 0 Å². The van der Waals surface area contributed by atoms with E-state index >= 15 is 0 Å². The number of nitrogens with zero attached hydrogens (tertiary/aromatic N) is 2. The smallest absolute Gasteiger partial charge is 0.247 e. The van der Waals surface area contributed by atoms with E-state index in [2.05, 4.69) is 22.0 Å². The van der Waals surface area contributed by atoms with Gasteiger partial charge in [-0.1, -0.05) is 36.0 Å². The summed E-state index contributed by atoms with van der Waals surface area (Å²) >= 11 is 1.50. The topological polar surface area (TPSA) is 63.6 Å². The number of amides is 2. The van der Waals surface area contributed by atoms with Crippen LogP contribution in [-0.2, 0) is 21.4 Å². The van der Waals surface area contributed by atoms with Crippen molar-refractivity contribution in [2.45, 2.75) is 38.3 Å². The summed E-state index contributed by atoms with van der Waals surface area (Å²) < 4.78 is 7.51. The highest BCUT2D eigenvalue weighted by molar-refractivity contribution is 8.00. The van der Waals surface area contributed by atoms with Crippen LogP contribution in [0.4, 0.5) is 5.69 Å². The van der Waals surface area contributed by atoms with Gasteiger partial charge in [0.15, 0.2) is 0 Å². The Balaban J connectivity index is 1.83. The Hall–Kier alpha value is -2.77. The number of para-hydroxylation sites is 1. The van der Waals surface area contributed by atoms with Crippen LogP contribution in [-0.4, -0.2) is 41.9 Å². The minimum absolute atomic E-state index is 0.0697. The fourth-order valence-corrected chi connectivity index (χ4v) is 5.64. The number of aryl methyl sites for hydroxylation is 3. The summed E-state index contributed by atoms with van der Waals surface area (Å²) in [4.78, 5) is 28.9. The monoisotopic (exact) mass is 465 g/mol. The molecule has 0 spiro atoms. The number of carbonyl (C=O) groups is 2. The normalized spacial score (nSPS) is 16.1. The third-order valence-electron chi connectivity index (χ3n) is 5.93. The van der Waals surface area contributed by atoms with E-state index < -0.39 is 6.04 Å². The second kappa shape index (κ2) is 10.0. The van der Waals surface area contributed by atoms with Gasteiger partial charge in [-0.05, 0) is 56.5 Å². The van der Waals surface area contributed by atoms with Crippen LogP contribution in [0.1, 0.15) is 36.1 Å². The number of nitrogens with one attached hydrogen (secondary N) is 1. The van der Waals surface area contributed by atoms with E-state index in [-0.39, 0.29) is 17.6 Å². The molecule has 174 valence electrons. The molecular formula is C26H31N3O3S. The molecule has 7 heteroatoms. The SMILES string of the molecule is CCOCCCNC(=O)C1c2c(n(C)c3ccccc23)SCC(=O)N1c1cc(C)cc(C)c1. The van der Waals surface area contributed by atoms with E-state index in [0.29, 0.717) is 19.8 Å². The summed E-state index contributed by atoms with van der Waals surface area (Å²) in [6, 6.07) is 13.4. The molecule has 2 amide bonds. The van der Waals surface area contributed by atoms with Crippen molar-refractivity contribution in [2.24, 2.45) is 7.05 Å². The molecule has 1 aliphatic rings. The van der Waals surface area contributed by atoms with Crippen molar-refractivity contribution in [2.75, 3.05) is 30.4 Å². The lowest BCUT2D eigenvalue weighted by Gasteiger charge is -2.30. The predicted molar refractivity (Wildman–Crippen MR) is 134 cm³/mol. The highest BCUT2D eigenvalue weighted by Crippen LogP contribution is 2.43. The number of thioether (sulfide) groups is 1. The van der Waals surface area contributed by atoms with Gasteiger partial charge in [0.2, 0.25) is 11.8 Å². The third kappa shape index (κ3) is 4.66. The van der Waals surface area contributed by atoms with Crippen molar-refractivity contribution in [3.63, 3.8) is 0 Å². The minimum atomic E-state index is -0.748. The highest BCUT2D eigenvalue weighted by Gasteiger charge is 2.39. The zero-order chi connectivity index (χ0) is 23.5. The van der Waals surface area contributed by atoms with Crippen molar-refractivity contribution >= 4 is 40.2 Å². The lowest BCUT2D eigenvalue weighted by atomic mass is 10.0. The van der Waals surface area contributed by atoms with Crippen LogP contribution in [0.15, 0.2) is 47.5 Å². The van der Waals surface area contributed by atoms with Gasteiger partial charge in [-0.15, -0.1) is 0 Å². The molecule has 1 unspecified atom stereocenters. The first-order valence-corrected chi connectivity index (χ1v) is 12.4. The fourth-order valence-electron chi connectivity index (χ4n) is 4.57. The van der Waals surface area contributed by atoms with Crippen LogP contribution in [0.5, 0.6) is 0 Å². The number of ether oxygens (including phenoxy) is 1. The van der Waals surface area contributed by atoms with Gasteiger partial charge >= 0.3 is 0 Å². The van der Waals surface area contributed by atoms with Gasteiger partial charge in [0.25, 0.3) is 0 Å². The summed E-state index contributed by atoms with van der Waals surface area (Å²) in [6.07, 6.45) is 0.723. The van der Waals surface area contributed by atoms with E-state index in [9.17, 15) is 9.59 Å². The summed E-state index contributed by atoms with van der Waals surface area (Å²) in [5.41, 5.74) is 4.82. The summed E-state index contributed by atoms with van der Waals surface area (Å²) in [5, 5.41) is 5.04. The number of aromatic nitrogens is 1. The van der Waals surface area contributed by atoms with Gasteiger partial charge in [0, 0.05) is 49.0 Å². The van der Waals surface area contributed by atoms with E-state index in [1.165, 1.54) is 11.8 Å². The molecule has 1 N–H and O–H groups in total. The Kier molecular flexibility index (Phi) is 7.10. The minimum Gasteiger partial charge on any atom is -0.382 e. The fraction of sp³-hybridized carbons (Fsp3) is 0.385. The molecule has 0 saturated carbocycles. The zero-order valence-electron chi connectivity index (χ0n) is 19.7. The third-order valence-corrected chi connectivity index (χ3v) is 7.08. The van der Waals surface area contributed by atoms with Crippen molar-refractivity contribution in [1.29, 1.82) is 0 Å². The summed E-state index contributed by atoms with van der Waals surface area (Å²) in [5.74, 6) is 0.0389. The second-order valence-corrected chi connectivity index (χ2v) is 9.40. The molecule has 2 heterocycles. The Labute approximate surface area is 199 Å². The van der Waals surface area contributed by atoms with Gasteiger partial charge in [0.05, 0.1) is 10.8 Å². The van der Waals surface area contributed by atoms with Crippen LogP contribution in [0, 0.1) is 13.8 Å². The van der Waals surface area contributed by atoms with E-state index in [4.69, 9.17) is 4.74 Å². The van der Waals surface area contributed by atoms with Crippen molar-refractivity contribution < 1.29 is 14.3 Å². The average Bonchev–Trinajstić information content (AvgIpc) is 2.95. The van der Waals surface area contributed by atoms with Crippen molar-refractivity contribution in [3.05, 3.63) is 59.2 Å². The average molecular weight is 466 g/mol. The quantitative estimate of drug-likeness (QED) is 0.521. The van der Waals surface area contributed by atoms with Crippen LogP contribution in [0.25, 0.3) is 10.9 Å². The number of carbonyl (C=O) groups excluding carboxylic acids is 2. The lowest BCUT2D eigenvalue weighted by Crippen LogP contribution is -2.44. The predicted octanol–water partition coefficient (Wildman–Crippen LogP) is 4.52. The first-order chi connectivity index (χ1) is 15.9. The standard InChI is InChI=1S/C26H31N3O3S/c1-5-32-12-8-11-27-25(31)24-23-20-9-6-7-10-21(20)28(4)26(23)33-16-22(30)29(24)19-14-17(2)13-18(3)15-19/h6-7,9-10,13-15,24H,5,8,11-12,16H2,1-4H3,(H,27,31). The van der Waals surface area contributed by atoms with Crippen LogP contribution >= 0.6 is 11.8 Å². The maximum Gasteiger partial charge on any atom is 0.247 e. The zero-order valence-corrected chi connectivity index (χ0v) is 20.5. The molecule has 1 aliphatic heterocycles. The maximum absolute atomic E-state index is 13.7. The molecule has 2 aromatic carbocycles. The van der Waals surface area contributed by atoms with Crippen molar-refractivity contribution in [1.82, 2.24) is 9.88 Å². The molecule has 0 fully saturated rings. The maximum atomic E-state index is 13.7. The molecule has 0 aliphatic carbocycles. The molecule has 0 radical (unpaired) electrons. The van der Waals surface area contributed by atoms with E-state index in [0.717, 1.165) is 44.7 Å². The number of hydrogen-bond acceptors (Lipinski definition) is 4. The molecule has 4 rings (SSSR count).